The van der Waals surface area contributed by atoms with Gasteiger partial charge >= 0.3 is 0 Å². The van der Waals surface area contributed by atoms with Gasteiger partial charge in [0, 0.05) is 17.9 Å². The fourth-order valence-corrected chi connectivity index (χ4v) is 2.92. The molecule has 0 radical (unpaired) electrons. The first-order valence-electron chi connectivity index (χ1n) is 7.99. The second kappa shape index (κ2) is 6.65. The number of amides is 1. The van der Waals surface area contributed by atoms with E-state index >= 15 is 0 Å². The number of nitrogens with one attached hydrogen (secondary N) is 1. The number of aryl methyl sites for hydroxylation is 2. The first kappa shape index (κ1) is 14.6. The van der Waals surface area contributed by atoms with Gasteiger partial charge in [-0.25, -0.2) is 0 Å². The van der Waals surface area contributed by atoms with Crippen molar-refractivity contribution in [1.82, 2.24) is 0 Å². The highest BCUT2D eigenvalue weighted by Gasteiger charge is 2.21. The Labute approximate surface area is 132 Å². The molecule has 0 unspecified atom stereocenters. The Morgan fingerprint density at radius 3 is 2.68 bits per heavy atom. The van der Waals surface area contributed by atoms with E-state index in [0.29, 0.717) is 6.54 Å². The summed E-state index contributed by atoms with van der Waals surface area (Å²) in [7, 11) is 0. The maximum absolute atomic E-state index is 12.5. The molecule has 0 aromatic heterocycles. The summed E-state index contributed by atoms with van der Waals surface area (Å²) in [5, 5.41) is 3.23. The van der Waals surface area contributed by atoms with Gasteiger partial charge in [-0.15, -0.1) is 0 Å². The number of para-hydroxylation sites is 1. The van der Waals surface area contributed by atoms with Crippen molar-refractivity contribution in [2.75, 3.05) is 23.3 Å². The van der Waals surface area contributed by atoms with Crippen molar-refractivity contribution in [3.63, 3.8) is 0 Å². The highest BCUT2D eigenvalue weighted by Crippen LogP contribution is 2.26. The molecular formula is C19H22N2O. The van der Waals surface area contributed by atoms with E-state index in [1.165, 1.54) is 11.1 Å². The van der Waals surface area contributed by atoms with Gasteiger partial charge in [-0.3, -0.25) is 4.79 Å². The third-order valence-corrected chi connectivity index (χ3v) is 4.22. The molecule has 1 amide bonds. The lowest BCUT2D eigenvalue weighted by Gasteiger charge is -2.29. The minimum Gasteiger partial charge on any atom is -0.376 e. The Kier molecular flexibility index (Phi) is 4.42. The number of carbonyl (C=O) groups excluding carboxylic acids is 1. The number of benzene rings is 2. The largest absolute Gasteiger partial charge is 0.376 e. The number of fused-ring (bicyclic) bond motifs is 1. The zero-order valence-electron chi connectivity index (χ0n) is 13.0. The molecule has 0 saturated carbocycles. The molecule has 0 aliphatic carbocycles. The van der Waals surface area contributed by atoms with E-state index in [-0.39, 0.29) is 5.91 Å². The smallest absolute Gasteiger partial charge is 0.246 e. The number of rotatable bonds is 4. The van der Waals surface area contributed by atoms with Crippen LogP contribution in [-0.2, 0) is 17.6 Å². The Hall–Kier alpha value is -2.29. The molecular weight excluding hydrogens is 272 g/mol. The summed E-state index contributed by atoms with van der Waals surface area (Å²) in [5.74, 6) is 0.131. The van der Waals surface area contributed by atoms with Crippen LogP contribution in [0.3, 0.4) is 0 Å². The Morgan fingerprint density at radius 1 is 1.14 bits per heavy atom. The van der Waals surface area contributed by atoms with E-state index in [4.69, 9.17) is 0 Å². The Balaban J connectivity index is 1.65. The van der Waals surface area contributed by atoms with Crippen LogP contribution >= 0.6 is 0 Å². The fourth-order valence-electron chi connectivity index (χ4n) is 2.92. The average Bonchev–Trinajstić information content (AvgIpc) is 2.59. The van der Waals surface area contributed by atoms with Crippen LogP contribution in [0.4, 0.5) is 11.4 Å². The lowest BCUT2D eigenvalue weighted by Crippen LogP contribution is -2.39. The minimum absolute atomic E-state index is 0.131. The van der Waals surface area contributed by atoms with Crippen molar-refractivity contribution in [1.29, 1.82) is 0 Å². The molecule has 0 bridgehead atoms. The lowest BCUT2D eigenvalue weighted by atomic mass is 10.0. The van der Waals surface area contributed by atoms with Gasteiger partial charge in [0.1, 0.15) is 0 Å². The SMILES string of the molecule is CCc1ccc(NCC(=O)N2CCCc3ccccc32)cc1. The van der Waals surface area contributed by atoms with Gasteiger partial charge in [0.15, 0.2) is 0 Å². The minimum atomic E-state index is 0.131. The summed E-state index contributed by atoms with van der Waals surface area (Å²) in [4.78, 5) is 14.4. The molecule has 1 aliphatic heterocycles. The van der Waals surface area contributed by atoms with Gasteiger partial charge in [0.25, 0.3) is 0 Å². The molecule has 22 heavy (non-hydrogen) atoms. The van der Waals surface area contributed by atoms with Crippen LogP contribution in [0.2, 0.25) is 0 Å². The van der Waals surface area contributed by atoms with Crippen molar-refractivity contribution in [3.05, 3.63) is 59.7 Å². The van der Waals surface area contributed by atoms with E-state index in [9.17, 15) is 4.79 Å². The van der Waals surface area contributed by atoms with Gasteiger partial charge < -0.3 is 10.2 Å². The molecule has 3 heteroatoms. The van der Waals surface area contributed by atoms with Gasteiger partial charge in [0.05, 0.1) is 6.54 Å². The highest BCUT2D eigenvalue weighted by atomic mass is 16.2. The van der Waals surface area contributed by atoms with Gasteiger partial charge in [-0.2, -0.15) is 0 Å². The Morgan fingerprint density at radius 2 is 1.91 bits per heavy atom. The monoisotopic (exact) mass is 294 g/mol. The van der Waals surface area contributed by atoms with Crippen molar-refractivity contribution in [2.24, 2.45) is 0 Å². The van der Waals surface area contributed by atoms with Crippen LogP contribution in [0, 0.1) is 0 Å². The van der Waals surface area contributed by atoms with Crippen LogP contribution in [0.15, 0.2) is 48.5 Å². The van der Waals surface area contributed by atoms with Crippen LogP contribution in [0.25, 0.3) is 0 Å². The van der Waals surface area contributed by atoms with Gasteiger partial charge in [-0.1, -0.05) is 37.3 Å². The van der Waals surface area contributed by atoms with Crippen molar-refractivity contribution >= 4 is 17.3 Å². The highest BCUT2D eigenvalue weighted by molar-refractivity contribution is 5.97. The third-order valence-electron chi connectivity index (χ3n) is 4.22. The first-order chi connectivity index (χ1) is 10.8. The maximum atomic E-state index is 12.5. The number of nitrogens with zero attached hydrogens (tertiary/aromatic N) is 1. The van der Waals surface area contributed by atoms with E-state index in [0.717, 1.165) is 37.2 Å². The molecule has 3 rings (SSSR count). The van der Waals surface area contributed by atoms with Crippen LogP contribution < -0.4 is 10.2 Å². The van der Waals surface area contributed by atoms with Crippen LogP contribution in [0.5, 0.6) is 0 Å². The summed E-state index contributed by atoms with van der Waals surface area (Å²) in [6.07, 6.45) is 3.13. The van der Waals surface area contributed by atoms with E-state index in [1.54, 1.807) is 0 Å². The van der Waals surface area contributed by atoms with E-state index in [2.05, 4.69) is 30.4 Å². The zero-order valence-corrected chi connectivity index (χ0v) is 13.0. The molecule has 0 saturated heterocycles. The molecule has 1 N–H and O–H groups in total. The van der Waals surface area contributed by atoms with E-state index in [1.807, 2.05) is 35.2 Å². The molecule has 1 heterocycles. The molecule has 0 fully saturated rings. The maximum Gasteiger partial charge on any atom is 0.246 e. The second-order valence-corrected chi connectivity index (χ2v) is 5.68. The van der Waals surface area contributed by atoms with Gasteiger partial charge in [0.2, 0.25) is 5.91 Å². The fraction of sp³-hybridized carbons (Fsp3) is 0.316. The number of hydrogen-bond acceptors (Lipinski definition) is 2. The molecule has 0 spiro atoms. The number of anilines is 2. The molecule has 1 aliphatic rings. The summed E-state index contributed by atoms with van der Waals surface area (Å²) in [6.45, 7) is 3.28. The third kappa shape index (κ3) is 3.14. The summed E-state index contributed by atoms with van der Waals surface area (Å²) in [5.41, 5.74) is 4.65. The number of hydrogen-bond donors (Lipinski definition) is 1. The standard InChI is InChI=1S/C19H22N2O/c1-2-15-9-11-17(12-10-15)20-14-19(22)21-13-5-7-16-6-3-4-8-18(16)21/h3-4,6,8-12,20H,2,5,7,13-14H2,1H3. The Bertz CT molecular complexity index is 649. The molecule has 3 nitrogen and oxygen atoms in total. The lowest BCUT2D eigenvalue weighted by molar-refractivity contribution is -0.117. The van der Waals surface area contributed by atoms with Crippen molar-refractivity contribution in [2.45, 2.75) is 26.2 Å². The molecule has 114 valence electrons. The van der Waals surface area contributed by atoms with E-state index < -0.39 is 0 Å². The summed E-state index contributed by atoms with van der Waals surface area (Å²) >= 11 is 0. The molecule has 0 atom stereocenters. The number of carbonyl (C=O) groups is 1. The summed E-state index contributed by atoms with van der Waals surface area (Å²) in [6, 6.07) is 16.5. The molecule has 2 aromatic carbocycles. The quantitative estimate of drug-likeness (QED) is 0.933. The van der Waals surface area contributed by atoms with Crippen LogP contribution in [0.1, 0.15) is 24.5 Å². The first-order valence-corrected chi connectivity index (χ1v) is 7.99. The second-order valence-electron chi connectivity index (χ2n) is 5.68. The predicted molar refractivity (Wildman–Crippen MR) is 91.4 cm³/mol. The normalized spacial score (nSPS) is 13.6. The topological polar surface area (TPSA) is 32.3 Å². The zero-order chi connectivity index (χ0) is 15.4. The van der Waals surface area contributed by atoms with Crippen molar-refractivity contribution in [3.8, 4) is 0 Å². The summed E-state index contributed by atoms with van der Waals surface area (Å²) < 4.78 is 0. The van der Waals surface area contributed by atoms with Gasteiger partial charge in [-0.05, 0) is 48.6 Å². The average molecular weight is 294 g/mol. The predicted octanol–water partition coefficient (Wildman–Crippen LogP) is 3.64. The van der Waals surface area contributed by atoms with Crippen LogP contribution in [-0.4, -0.2) is 19.0 Å². The molecule has 2 aromatic rings. The van der Waals surface area contributed by atoms with Crippen molar-refractivity contribution < 1.29 is 4.79 Å².